The monoisotopic (exact) mass is 439 g/mol. The molecule has 3 amide bonds. The second-order valence-corrected chi connectivity index (χ2v) is 8.26. The van der Waals surface area contributed by atoms with E-state index in [0.717, 1.165) is 44.1 Å². The second-order valence-electron chi connectivity index (χ2n) is 8.26. The molecule has 3 rings (SSSR count). The van der Waals surface area contributed by atoms with Gasteiger partial charge < -0.3 is 20.0 Å². The van der Waals surface area contributed by atoms with Gasteiger partial charge in [0.1, 0.15) is 6.04 Å². The molecular weight excluding hydrogens is 406 g/mol. The highest BCUT2D eigenvalue weighted by Crippen LogP contribution is 2.24. The minimum Gasteiger partial charge on any atom is -0.459 e. The Kier molecular flexibility index (Phi) is 8.90. The smallest absolute Gasteiger partial charge is 0.287 e. The average molecular weight is 440 g/mol. The quantitative estimate of drug-likeness (QED) is 0.589. The van der Waals surface area contributed by atoms with Crippen LogP contribution in [0.4, 0.5) is 0 Å². The Hall–Kier alpha value is -3.09. The summed E-state index contributed by atoms with van der Waals surface area (Å²) in [7, 11) is 0. The first-order valence-electron chi connectivity index (χ1n) is 11.6. The Labute approximate surface area is 189 Å². The number of amides is 3. The van der Waals surface area contributed by atoms with E-state index in [4.69, 9.17) is 4.42 Å². The van der Waals surface area contributed by atoms with Crippen molar-refractivity contribution in [1.29, 1.82) is 0 Å². The third kappa shape index (κ3) is 6.45. The number of unbranched alkanes of at least 4 members (excludes halogenated alkanes) is 1. The molecule has 0 aliphatic heterocycles. The summed E-state index contributed by atoms with van der Waals surface area (Å²) in [6, 6.07) is 11.9. The van der Waals surface area contributed by atoms with Gasteiger partial charge in [0.15, 0.2) is 5.76 Å². The van der Waals surface area contributed by atoms with E-state index < -0.39 is 11.9 Å². The zero-order valence-corrected chi connectivity index (χ0v) is 18.7. The van der Waals surface area contributed by atoms with Crippen LogP contribution in [-0.4, -0.2) is 41.8 Å². The van der Waals surface area contributed by atoms with E-state index in [2.05, 4.69) is 10.6 Å². The van der Waals surface area contributed by atoms with E-state index in [0.29, 0.717) is 6.54 Å². The Morgan fingerprint density at radius 1 is 1.06 bits per heavy atom. The van der Waals surface area contributed by atoms with E-state index in [-0.39, 0.29) is 30.2 Å². The van der Waals surface area contributed by atoms with Gasteiger partial charge in [-0.3, -0.25) is 14.4 Å². The second kappa shape index (κ2) is 12.1. The van der Waals surface area contributed by atoms with Crippen molar-refractivity contribution < 1.29 is 18.8 Å². The molecule has 2 N–H and O–H groups in total. The van der Waals surface area contributed by atoms with Crippen LogP contribution in [0.2, 0.25) is 0 Å². The molecule has 1 aliphatic rings. The maximum Gasteiger partial charge on any atom is 0.287 e. The number of nitrogens with zero attached hydrogens (tertiary/aromatic N) is 1. The normalized spacial score (nSPS) is 15.0. The van der Waals surface area contributed by atoms with Gasteiger partial charge in [0, 0.05) is 12.6 Å². The van der Waals surface area contributed by atoms with Gasteiger partial charge in [-0.15, -0.1) is 0 Å². The summed E-state index contributed by atoms with van der Waals surface area (Å²) < 4.78 is 5.09. The van der Waals surface area contributed by atoms with Crippen LogP contribution in [0, 0.1) is 0 Å². The van der Waals surface area contributed by atoms with Crippen LogP contribution in [0.1, 0.15) is 74.0 Å². The van der Waals surface area contributed by atoms with Gasteiger partial charge in [-0.25, -0.2) is 0 Å². The maximum absolute atomic E-state index is 13.4. The van der Waals surface area contributed by atoms with Crippen LogP contribution < -0.4 is 10.6 Å². The summed E-state index contributed by atoms with van der Waals surface area (Å²) >= 11 is 0. The molecule has 2 aromatic rings. The zero-order chi connectivity index (χ0) is 22.8. The van der Waals surface area contributed by atoms with E-state index in [9.17, 15) is 14.4 Å². The Balaban J connectivity index is 1.78. The first-order chi connectivity index (χ1) is 15.6. The van der Waals surface area contributed by atoms with Crippen LogP contribution >= 0.6 is 0 Å². The number of hydrogen-bond donors (Lipinski definition) is 2. The molecule has 1 aromatic carbocycles. The fourth-order valence-electron chi connectivity index (χ4n) is 4.11. The fraction of sp³-hybridized carbons (Fsp3) is 0.480. The molecule has 1 aliphatic carbocycles. The van der Waals surface area contributed by atoms with Gasteiger partial charge in [-0.1, -0.05) is 62.9 Å². The fourth-order valence-corrected chi connectivity index (χ4v) is 4.11. The maximum atomic E-state index is 13.4. The summed E-state index contributed by atoms with van der Waals surface area (Å²) in [5.41, 5.74) is 0.766. The number of rotatable bonds is 10. The van der Waals surface area contributed by atoms with Gasteiger partial charge in [-0.05, 0) is 37.0 Å². The van der Waals surface area contributed by atoms with Crippen molar-refractivity contribution in [2.75, 3.05) is 13.1 Å². The molecule has 1 unspecified atom stereocenters. The van der Waals surface area contributed by atoms with Gasteiger partial charge in [-0.2, -0.15) is 0 Å². The van der Waals surface area contributed by atoms with Crippen LogP contribution in [0.15, 0.2) is 53.1 Å². The van der Waals surface area contributed by atoms with Crippen molar-refractivity contribution in [3.8, 4) is 0 Å². The zero-order valence-electron chi connectivity index (χ0n) is 18.7. The highest BCUT2D eigenvalue weighted by molar-refractivity contribution is 5.95. The SMILES string of the molecule is CCCCN(C(=O)CNC(=O)c1ccco1)C(C(=O)NC1CCCCC1)c1ccccc1. The first-order valence-corrected chi connectivity index (χ1v) is 11.6. The molecule has 1 fully saturated rings. The topological polar surface area (TPSA) is 91.7 Å². The summed E-state index contributed by atoms with van der Waals surface area (Å²) in [4.78, 5) is 40.5. The molecular formula is C25H33N3O4. The van der Waals surface area contributed by atoms with Gasteiger partial charge in [0.25, 0.3) is 5.91 Å². The van der Waals surface area contributed by atoms with E-state index >= 15 is 0 Å². The van der Waals surface area contributed by atoms with E-state index in [1.54, 1.807) is 17.0 Å². The summed E-state index contributed by atoms with van der Waals surface area (Å²) in [5, 5.41) is 5.79. The molecule has 1 heterocycles. The van der Waals surface area contributed by atoms with Crippen molar-refractivity contribution >= 4 is 17.7 Å². The predicted molar refractivity (Wildman–Crippen MR) is 122 cm³/mol. The average Bonchev–Trinajstić information content (AvgIpc) is 3.36. The Morgan fingerprint density at radius 3 is 2.47 bits per heavy atom. The van der Waals surface area contributed by atoms with Crippen molar-refractivity contribution in [2.45, 2.75) is 64.0 Å². The van der Waals surface area contributed by atoms with Crippen molar-refractivity contribution in [3.05, 3.63) is 60.1 Å². The Morgan fingerprint density at radius 2 is 1.81 bits per heavy atom. The van der Waals surface area contributed by atoms with Crippen molar-refractivity contribution in [2.24, 2.45) is 0 Å². The number of furan rings is 1. The molecule has 0 spiro atoms. The number of hydrogen-bond acceptors (Lipinski definition) is 4. The molecule has 172 valence electrons. The van der Waals surface area contributed by atoms with Crippen molar-refractivity contribution in [1.82, 2.24) is 15.5 Å². The number of carbonyl (C=O) groups excluding carboxylic acids is 3. The largest absolute Gasteiger partial charge is 0.459 e. The molecule has 0 radical (unpaired) electrons. The number of nitrogens with one attached hydrogen (secondary N) is 2. The molecule has 1 atom stereocenters. The standard InChI is InChI=1S/C25H33N3O4/c1-2-3-16-28(22(29)18-26-24(30)21-15-10-17-32-21)23(19-11-6-4-7-12-19)25(31)27-20-13-8-5-9-14-20/h4,6-7,10-12,15,17,20,23H,2-3,5,8-9,13-14,16,18H2,1H3,(H,26,30)(H,27,31). The van der Waals surface area contributed by atoms with E-state index in [1.165, 1.54) is 12.7 Å². The minimum atomic E-state index is -0.738. The molecule has 32 heavy (non-hydrogen) atoms. The van der Waals surface area contributed by atoms with Crippen LogP contribution in [0.25, 0.3) is 0 Å². The van der Waals surface area contributed by atoms with Crippen LogP contribution in [-0.2, 0) is 9.59 Å². The third-order valence-corrected chi connectivity index (χ3v) is 5.84. The van der Waals surface area contributed by atoms with Crippen LogP contribution in [0.3, 0.4) is 0 Å². The lowest BCUT2D eigenvalue weighted by Crippen LogP contribution is -2.49. The molecule has 1 saturated carbocycles. The minimum absolute atomic E-state index is 0.143. The summed E-state index contributed by atoms with van der Waals surface area (Å²) in [5.74, 6) is -0.773. The molecule has 0 bridgehead atoms. The molecule has 7 heteroatoms. The van der Waals surface area contributed by atoms with E-state index in [1.807, 2.05) is 37.3 Å². The lowest BCUT2D eigenvalue weighted by molar-refractivity contribution is -0.140. The molecule has 0 saturated heterocycles. The summed E-state index contributed by atoms with van der Waals surface area (Å²) in [6.45, 7) is 2.27. The lowest BCUT2D eigenvalue weighted by Gasteiger charge is -2.33. The third-order valence-electron chi connectivity index (χ3n) is 5.84. The lowest BCUT2D eigenvalue weighted by atomic mass is 9.94. The predicted octanol–water partition coefficient (Wildman–Crippen LogP) is 3.83. The Bertz CT molecular complexity index is 861. The van der Waals surface area contributed by atoms with Gasteiger partial charge >= 0.3 is 0 Å². The molecule has 7 nitrogen and oxygen atoms in total. The number of benzene rings is 1. The first kappa shape index (κ1) is 23.6. The molecule has 1 aromatic heterocycles. The summed E-state index contributed by atoms with van der Waals surface area (Å²) in [6.07, 6.45) is 8.41. The van der Waals surface area contributed by atoms with Gasteiger partial charge in [0.2, 0.25) is 11.8 Å². The highest BCUT2D eigenvalue weighted by atomic mass is 16.3. The van der Waals surface area contributed by atoms with Crippen molar-refractivity contribution in [3.63, 3.8) is 0 Å². The van der Waals surface area contributed by atoms with Crippen LogP contribution in [0.5, 0.6) is 0 Å². The highest BCUT2D eigenvalue weighted by Gasteiger charge is 2.32. The number of carbonyl (C=O) groups is 3. The van der Waals surface area contributed by atoms with Gasteiger partial charge in [0.05, 0.1) is 12.8 Å².